The van der Waals surface area contributed by atoms with Crippen LogP contribution in [0.3, 0.4) is 0 Å². The molecule has 0 saturated carbocycles. The van der Waals surface area contributed by atoms with Crippen molar-refractivity contribution in [2.45, 2.75) is 27.2 Å². The van der Waals surface area contributed by atoms with Crippen LogP contribution in [-0.4, -0.2) is 25.8 Å². The fourth-order valence-corrected chi connectivity index (χ4v) is 1.65. The van der Waals surface area contributed by atoms with Crippen molar-refractivity contribution >= 4 is 17.3 Å². The normalized spacial score (nSPS) is 11.4. The van der Waals surface area contributed by atoms with Crippen LogP contribution in [-0.2, 0) is 16.0 Å². The molecule has 0 aliphatic carbocycles. The largest absolute Gasteiger partial charge is 0.464 e. The number of methoxy groups -OCH3 is 1. The van der Waals surface area contributed by atoms with E-state index in [1.807, 2.05) is 38.1 Å². The highest BCUT2D eigenvalue weighted by atomic mass is 16.5. The van der Waals surface area contributed by atoms with Gasteiger partial charge in [0.1, 0.15) is 0 Å². The Balaban J connectivity index is 0.00000172. The molecule has 1 aromatic rings. The van der Waals surface area contributed by atoms with E-state index in [9.17, 15) is 4.79 Å². The summed E-state index contributed by atoms with van der Waals surface area (Å²) in [6.45, 7) is 6.09. The van der Waals surface area contributed by atoms with Gasteiger partial charge in [-0.3, -0.25) is 4.99 Å². The molecule has 0 aromatic heterocycles. The number of aryl methyl sites for hydroxylation is 1. The topological polar surface area (TPSA) is 64.7 Å². The Hall–Kier alpha value is -2.10. The van der Waals surface area contributed by atoms with Gasteiger partial charge in [-0.1, -0.05) is 45.0 Å². The highest BCUT2D eigenvalue weighted by Crippen LogP contribution is 2.17. The van der Waals surface area contributed by atoms with E-state index in [1.54, 1.807) is 0 Å². The first-order chi connectivity index (χ1) is 9.67. The van der Waals surface area contributed by atoms with Crippen molar-refractivity contribution in [3.63, 3.8) is 0 Å². The maximum atomic E-state index is 11.6. The van der Waals surface area contributed by atoms with Crippen LogP contribution in [0.5, 0.6) is 0 Å². The Morgan fingerprint density at radius 3 is 2.20 bits per heavy atom. The summed E-state index contributed by atoms with van der Waals surface area (Å²) in [6.07, 6.45) is 2.34. The van der Waals surface area contributed by atoms with Gasteiger partial charge in [-0.15, -0.1) is 0 Å². The molecule has 2 N–H and O–H groups in total. The first-order valence-electron chi connectivity index (χ1n) is 6.74. The maximum Gasteiger partial charge on any atom is 0.356 e. The SMILES string of the molecule is CC.CCc1ccc(/C(=C/N)C(=NC)C(=O)OC)cc1. The van der Waals surface area contributed by atoms with Gasteiger partial charge in [-0.05, 0) is 17.5 Å². The van der Waals surface area contributed by atoms with Crippen LogP contribution in [0.2, 0.25) is 0 Å². The zero-order chi connectivity index (χ0) is 15.5. The molecule has 110 valence electrons. The molecule has 0 amide bonds. The van der Waals surface area contributed by atoms with E-state index in [2.05, 4.69) is 16.7 Å². The van der Waals surface area contributed by atoms with E-state index in [-0.39, 0.29) is 5.71 Å². The molecule has 0 aliphatic rings. The van der Waals surface area contributed by atoms with Crippen LogP contribution in [0.15, 0.2) is 35.5 Å². The van der Waals surface area contributed by atoms with Crippen LogP contribution in [0, 0.1) is 0 Å². The molecule has 1 rings (SSSR count). The van der Waals surface area contributed by atoms with E-state index in [0.717, 1.165) is 12.0 Å². The molecule has 0 radical (unpaired) electrons. The maximum absolute atomic E-state index is 11.6. The summed E-state index contributed by atoms with van der Waals surface area (Å²) in [4.78, 5) is 15.5. The predicted molar refractivity (Wildman–Crippen MR) is 84.7 cm³/mol. The van der Waals surface area contributed by atoms with Crippen molar-refractivity contribution < 1.29 is 9.53 Å². The summed E-state index contributed by atoms with van der Waals surface area (Å²) in [7, 11) is 2.86. The fraction of sp³-hybridized carbons (Fsp3) is 0.375. The van der Waals surface area contributed by atoms with Crippen LogP contribution < -0.4 is 5.73 Å². The standard InChI is InChI=1S/C14H18N2O2.C2H6/c1-4-10-5-7-11(8-6-10)12(9-15)13(16-2)14(17)18-3;1-2/h5-9H,4,15H2,1-3H3;1-2H3/b12-9-,16-13?;. The van der Waals surface area contributed by atoms with Gasteiger partial charge in [0.25, 0.3) is 0 Å². The summed E-state index contributed by atoms with van der Waals surface area (Å²) in [5.74, 6) is -0.492. The van der Waals surface area contributed by atoms with Gasteiger partial charge >= 0.3 is 5.97 Å². The first-order valence-corrected chi connectivity index (χ1v) is 6.74. The number of nitrogens with two attached hydrogens (primary N) is 1. The Morgan fingerprint density at radius 2 is 1.85 bits per heavy atom. The van der Waals surface area contributed by atoms with Crippen molar-refractivity contribution in [2.75, 3.05) is 14.2 Å². The molecule has 1 aromatic carbocycles. The van der Waals surface area contributed by atoms with Gasteiger partial charge in [-0.2, -0.15) is 0 Å². The molecule has 20 heavy (non-hydrogen) atoms. The molecule has 4 heteroatoms. The number of aliphatic imine (C=N–C) groups is 1. The summed E-state index contributed by atoms with van der Waals surface area (Å²) < 4.78 is 4.69. The van der Waals surface area contributed by atoms with Crippen LogP contribution in [0.1, 0.15) is 31.9 Å². The Kier molecular flexibility index (Phi) is 8.75. The third kappa shape index (κ3) is 4.53. The molecular formula is C16H24N2O2. The minimum Gasteiger partial charge on any atom is -0.464 e. The second-order valence-corrected chi connectivity index (χ2v) is 3.69. The summed E-state index contributed by atoms with van der Waals surface area (Å²) >= 11 is 0. The Bertz CT molecular complexity index is 474. The molecule has 0 bridgehead atoms. The van der Waals surface area contributed by atoms with Gasteiger partial charge in [-0.25, -0.2) is 4.79 Å². The minimum absolute atomic E-state index is 0.226. The van der Waals surface area contributed by atoms with Crippen molar-refractivity contribution in [2.24, 2.45) is 10.7 Å². The average molecular weight is 276 g/mol. The van der Waals surface area contributed by atoms with Gasteiger partial charge in [0.2, 0.25) is 0 Å². The average Bonchev–Trinajstić information content (AvgIpc) is 2.53. The van der Waals surface area contributed by atoms with E-state index in [4.69, 9.17) is 5.73 Å². The molecule has 0 heterocycles. The van der Waals surface area contributed by atoms with E-state index >= 15 is 0 Å². The van der Waals surface area contributed by atoms with Crippen molar-refractivity contribution in [3.05, 3.63) is 41.6 Å². The number of rotatable bonds is 4. The van der Waals surface area contributed by atoms with Crippen LogP contribution >= 0.6 is 0 Å². The number of carbonyl (C=O) groups is 1. The molecular weight excluding hydrogens is 252 g/mol. The Morgan fingerprint density at radius 1 is 1.30 bits per heavy atom. The number of esters is 1. The van der Waals surface area contributed by atoms with Gasteiger partial charge < -0.3 is 10.5 Å². The minimum atomic E-state index is -0.492. The molecule has 0 fully saturated rings. The molecule has 4 nitrogen and oxygen atoms in total. The lowest BCUT2D eigenvalue weighted by molar-refractivity contribution is -0.132. The predicted octanol–water partition coefficient (Wildman–Crippen LogP) is 2.82. The highest BCUT2D eigenvalue weighted by Gasteiger charge is 2.17. The molecule has 0 spiro atoms. The zero-order valence-electron chi connectivity index (χ0n) is 12.9. The number of hydrogen-bond acceptors (Lipinski definition) is 4. The highest BCUT2D eigenvalue weighted by molar-refractivity contribution is 6.54. The number of nitrogens with zero attached hydrogens (tertiary/aromatic N) is 1. The smallest absolute Gasteiger partial charge is 0.356 e. The number of hydrogen-bond donors (Lipinski definition) is 1. The van der Waals surface area contributed by atoms with Crippen LogP contribution in [0.25, 0.3) is 5.57 Å². The lowest BCUT2D eigenvalue weighted by atomic mass is 10.00. The lowest BCUT2D eigenvalue weighted by Gasteiger charge is -2.09. The van der Waals surface area contributed by atoms with E-state index < -0.39 is 5.97 Å². The van der Waals surface area contributed by atoms with Crippen LogP contribution in [0.4, 0.5) is 0 Å². The number of ether oxygens (including phenoxy) is 1. The van der Waals surface area contributed by atoms with Gasteiger partial charge in [0.05, 0.1) is 7.11 Å². The Labute approximate surface area is 121 Å². The monoisotopic (exact) mass is 276 g/mol. The molecule has 0 aliphatic heterocycles. The quantitative estimate of drug-likeness (QED) is 0.679. The van der Waals surface area contributed by atoms with Gasteiger partial charge in [0.15, 0.2) is 5.71 Å². The van der Waals surface area contributed by atoms with E-state index in [1.165, 1.54) is 25.9 Å². The van der Waals surface area contributed by atoms with E-state index in [0.29, 0.717) is 5.57 Å². The lowest BCUT2D eigenvalue weighted by Crippen LogP contribution is -2.18. The summed E-state index contributed by atoms with van der Waals surface area (Å²) in [6, 6.07) is 7.85. The fourth-order valence-electron chi connectivity index (χ4n) is 1.65. The second-order valence-electron chi connectivity index (χ2n) is 3.69. The van der Waals surface area contributed by atoms with Crippen molar-refractivity contribution in [3.8, 4) is 0 Å². The first kappa shape index (κ1) is 17.9. The summed E-state index contributed by atoms with van der Waals surface area (Å²) in [5.41, 5.74) is 8.47. The molecule has 0 unspecified atom stereocenters. The zero-order valence-corrected chi connectivity index (χ0v) is 12.9. The second kappa shape index (κ2) is 9.78. The third-order valence-corrected chi connectivity index (χ3v) is 2.70. The summed E-state index contributed by atoms with van der Waals surface area (Å²) in [5, 5.41) is 0. The molecule has 0 atom stereocenters. The molecule has 0 saturated heterocycles. The van der Waals surface area contributed by atoms with Gasteiger partial charge in [0, 0.05) is 18.8 Å². The number of carbonyl (C=O) groups excluding carboxylic acids is 1. The van der Waals surface area contributed by atoms with Crippen molar-refractivity contribution in [1.82, 2.24) is 0 Å². The van der Waals surface area contributed by atoms with Crippen molar-refractivity contribution in [1.29, 1.82) is 0 Å². The third-order valence-electron chi connectivity index (χ3n) is 2.70. The number of benzene rings is 1.